The number of nitrogens with one attached hydrogen (secondary N) is 1. The third-order valence-corrected chi connectivity index (χ3v) is 2.26. The van der Waals surface area contributed by atoms with Gasteiger partial charge in [-0.1, -0.05) is 6.07 Å². The molecule has 2 rings (SSSR count). The van der Waals surface area contributed by atoms with E-state index in [0.29, 0.717) is 12.2 Å². The van der Waals surface area contributed by atoms with Crippen molar-refractivity contribution in [3.63, 3.8) is 0 Å². The lowest BCUT2D eigenvalue weighted by Gasteiger charge is -2.11. The van der Waals surface area contributed by atoms with Gasteiger partial charge in [-0.3, -0.25) is 9.69 Å². The van der Waals surface area contributed by atoms with E-state index in [-0.39, 0.29) is 5.91 Å². The van der Waals surface area contributed by atoms with E-state index >= 15 is 0 Å². The summed E-state index contributed by atoms with van der Waals surface area (Å²) in [5, 5.41) is 2.83. The maximum atomic E-state index is 11.4. The number of nitrogen functional groups attached to an aromatic ring is 1. The monoisotopic (exact) mass is 191 g/mol. The summed E-state index contributed by atoms with van der Waals surface area (Å²) < 4.78 is 0. The summed E-state index contributed by atoms with van der Waals surface area (Å²) in [6, 6.07) is 5.60. The van der Waals surface area contributed by atoms with Crippen LogP contribution in [0, 0.1) is 0 Å². The molecule has 14 heavy (non-hydrogen) atoms. The number of nitrogens with two attached hydrogens (primary N) is 1. The van der Waals surface area contributed by atoms with Gasteiger partial charge in [0.15, 0.2) is 0 Å². The number of rotatable bonds is 0. The first-order valence-electron chi connectivity index (χ1n) is 4.52. The number of carbonyl (C=O) groups is 1. The minimum absolute atomic E-state index is 0.0110. The highest BCUT2D eigenvalue weighted by Crippen LogP contribution is 2.22. The van der Waals surface area contributed by atoms with Crippen LogP contribution in [0.3, 0.4) is 0 Å². The van der Waals surface area contributed by atoms with Gasteiger partial charge < -0.3 is 11.1 Å². The fourth-order valence-electron chi connectivity index (χ4n) is 1.63. The molecule has 0 spiro atoms. The predicted molar refractivity (Wildman–Crippen MR) is 55.8 cm³/mol. The Hall–Kier alpha value is -1.55. The molecule has 0 atom stereocenters. The van der Waals surface area contributed by atoms with E-state index < -0.39 is 0 Å². The Morgan fingerprint density at radius 2 is 2.21 bits per heavy atom. The largest absolute Gasteiger partial charge is 0.399 e. The van der Waals surface area contributed by atoms with E-state index in [4.69, 9.17) is 5.73 Å². The van der Waals surface area contributed by atoms with Crippen molar-refractivity contribution in [3.05, 3.63) is 23.8 Å². The van der Waals surface area contributed by atoms with Crippen LogP contribution in [0.5, 0.6) is 0 Å². The Balaban J connectivity index is 2.41. The molecule has 74 valence electrons. The topological polar surface area (TPSA) is 58.4 Å². The van der Waals surface area contributed by atoms with Crippen LogP contribution in [0.1, 0.15) is 5.56 Å². The van der Waals surface area contributed by atoms with Crippen molar-refractivity contribution >= 4 is 17.3 Å². The summed E-state index contributed by atoms with van der Waals surface area (Å²) in [5.74, 6) is 0.0110. The first-order chi connectivity index (χ1) is 6.65. The Bertz CT molecular complexity index is 376. The molecule has 0 saturated carbocycles. The molecule has 1 aliphatic rings. The van der Waals surface area contributed by atoms with Gasteiger partial charge in [-0.15, -0.1) is 0 Å². The summed E-state index contributed by atoms with van der Waals surface area (Å²) in [4.78, 5) is 13.3. The molecule has 0 aliphatic carbocycles. The maximum absolute atomic E-state index is 11.4. The highest BCUT2D eigenvalue weighted by molar-refractivity contribution is 5.94. The molecule has 0 aromatic heterocycles. The summed E-state index contributed by atoms with van der Waals surface area (Å²) in [6.07, 6.45) is 0. The van der Waals surface area contributed by atoms with Gasteiger partial charge in [-0.2, -0.15) is 0 Å². The van der Waals surface area contributed by atoms with Gasteiger partial charge in [-0.25, -0.2) is 0 Å². The number of carbonyl (C=O) groups excluding carboxylic acids is 1. The van der Waals surface area contributed by atoms with Gasteiger partial charge in [0.2, 0.25) is 5.91 Å². The molecule has 3 N–H and O–H groups in total. The first-order valence-corrected chi connectivity index (χ1v) is 4.52. The molecule has 0 fully saturated rings. The Morgan fingerprint density at radius 3 is 3.00 bits per heavy atom. The minimum Gasteiger partial charge on any atom is -0.399 e. The number of benzene rings is 1. The number of fused-ring (bicyclic) bond motifs is 1. The highest BCUT2D eigenvalue weighted by Gasteiger charge is 2.15. The number of likely N-dealkylation sites (N-methyl/N-ethyl adjacent to an activating group) is 1. The maximum Gasteiger partial charge on any atom is 0.238 e. The van der Waals surface area contributed by atoms with Crippen LogP contribution < -0.4 is 11.1 Å². The second-order valence-corrected chi connectivity index (χ2v) is 3.64. The van der Waals surface area contributed by atoms with Crippen molar-refractivity contribution in [1.82, 2.24) is 4.90 Å². The van der Waals surface area contributed by atoms with Gasteiger partial charge in [-0.05, 0) is 24.7 Å². The van der Waals surface area contributed by atoms with Crippen LogP contribution in [0.25, 0.3) is 0 Å². The van der Waals surface area contributed by atoms with E-state index in [2.05, 4.69) is 5.32 Å². The van der Waals surface area contributed by atoms with E-state index in [1.165, 1.54) is 0 Å². The third-order valence-electron chi connectivity index (χ3n) is 2.26. The number of nitrogens with zero attached hydrogens (tertiary/aromatic N) is 1. The number of hydrogen-bond donors (Lipinski definition) is 2. The van der Waals surface area contributed by atoms with Crippen LogP contribution >= 0.6 is 0 Å². The smallest absolute Gasteiger partial charge is 0.238 e. The number of anilines is 2. The zero-order chi connectivity index (χ0) is 10.1. The molecule has 0 saturated heterocycles. The van der Waals surface area contributed by atoms with Crippen LogP contribution in [0.2, 0.25) is 0 Å². The van der Waals surface area contributed by atoms with Gasteiger partial charge >= 0.3 is 0 Å². The van der Waals surface area contributed by atoms with Gasteiger partial charge in [0.1, 0.15) is 0 Å². The van der Waals surface area contributed by atoms with Crippen LogP contribution in [-0.4, -0.2) is 24.4 Å². The van der Waals surface area contributed by atoms with Crippen molar-refractivity contribution < 1.29 is 4.79 Å². The van der Waals surface area contributed by atoms with E-state index in [9.17, 15) is 4.79 Å². The van der Waals surface area contributed by atoms with Crippen molar-refractivity contribution in [2.24, 2.45) is 0 Å². The van der Waals surface area contributed by atoms with Crippen molar-refractivity contribution in [2.75, 3.05) is 24.6 Å². The Morgan fingerprint density at radius 1 is 1.43 bits per heavy atom. The lowest BCUT2D eigenvalue weighted by Crippen LogP contribution is -2.26. The van der Waals surface area contributed by atoms with Gasteiger partial charge in [0.05, 0.1) is 6.54 Å². The van der Waals surface area contributed by atoms with Crippen LogP contribution in [0.15, 0.2) is 18.2 Å². The Labute approximate surface area is 82.7 Å². The molecule has 1 aliphatic heterocycles. The zero-order valence-electron chi connectivity index (χ0n) is 8.08. The summed E-state index contributed by atoms with van der Waals surface area (Å²) in [7, 11) is 1.92. The highest BCUT2D eigenvalue weighted by atomic mass is 16.2. The minimum atomic E-state index is 0.0110. The third kappa shape index (κ3) is 1.70. The van der Waals surface area contributed by atoms with Crippen LogP contribution in [-0.2, 0) is 11.3 Å². The van der Waals surface area contributed by atoms with E-state index in [1.54, 1.807) is 6.07 Å². The summed E-state index contributed by atoms with van der Waals surface area (Å²) in [6.45, 7) is 1.20. The lowest BCUT2D eigenvalue weighted by atomic mass is 10.1. The molecular weight excluding hydrogens is 178 g/mol. The summed E-state index contributed by atoms with van der Waals surface area (Å²) in [5.41, 5.74) is 8.26. The fraction of sp³-hybridized carbons (Fsp3) is 0.300. The molecule has 0 bridgehead atoms. The SMILES string of the molecule is CN1CC(=O)Nc2cc(N)ccc2C1. The Kier molecular flexibility index (Phi) is 2.13. The predicted octanol–water partition coefficient (Wildman–Crippen LogP) is 0.653. The molecule has 4 heteroatoms. The van der Waals surface area contributed by atoms with Gasteiger partial charge in [0.25, 0.3) is 0 Å². The van der Waals surface area contributed by atoms with Crippen molar-refractivity contribution in [2.45, 2.75) is 6.54 Å². The molecule has 0 unspecified atom stereocenters. The molecule has 0 radical (unpaired) electrons. The lowest BCUT2D eigenvalue weighted by molar-refractivity contribution is -0.116. The second kappa shape index (κ2) is 3.31. The first kappa shape index (κ1) is 9.02. The average Bonchev–Trinajstić information content (AvgIpc) is 2.21. The van der Waals surface area contributed by atoms with E-state index in [1.807, 2.05) is 24.1 Å². The quantitative estimate of drug-likeness (QED) is 0.592. The molecule has 1 heterocycles. The molecular formula is C10H13N3O. The normalized spacial score (nSPS) is 17.1. The zero-order valence-corrected chi connectivity index (χ0v) is 8.08. The average molecular weight is 191 g/mol. The molecule has 1 aromatic carbocycles. The fourth-order valence-corrected chi connectivity index (χ4v) is 1.63. The molecule has 4 nitrogen and oxygen atoms in total. The van der Waals surface area contributed by atoms with E-state index in [0.717, 1.165) is 17.8 Å². The van der Waals surface area contributed by atoms with Crippen molar-refractivity contribution in [1.29, 1.82) is 0 Å². The summed E-state index contributed by atoms with van der Waals surface area (Å²) >= 11 is 0. The number of hydrogen-bond acceptors (Lipinski definition) is 3. The standard InChI is InChI=1S/C10H13N3O/c1-13-5-7-2-3-8(11)4-9(7)12-10(14)6-13/h2-4H,5-6,11H2,1H3,(H,12,14). The molecule has 1 aromatic rings. The molecule has 1 amide bonds. The van der Waals surface area contributed by atoms with Gasteiger partial charge in [0, 0.05) is 17.9 Å². The van der Waals surface area contributed by atoms with Crippen molar-refractivity contribution in [3.8, 4) is 0 Å². The second-order valence-electron chi connectivity index (χ2n) is 3.64. The van der Waals surface area contributed by atoms with Crippen LogP contribution in [0.4, 0.5) is 11.4 Å². The number of amides is 1.